The largest absolute Gasteiger partial charge is 0.380 e. The molecule has 1 aromatic carbocycles. The van der Waals surface area contributed by atoms with Crippen molar-refractivity contribution < 1.29 is 9.53 Å². The summed E-state index contributed by atoms with van der Waals surface area (Å²) in [4.78, 5) is 14.3. The van der Waals surface area contributed by atoms with Crippen LogP contribution in [-0.4, -0.2) is 43.7 Å². The molecule has 22 heavy (non-hydrogen) atoms. The van der Waals surface area contributed by atoms with Crippen molar-refractivity contribution >= 4 is 5.91 Å². The molecule has 1 atom stereocenters. The first-order chi connectivity index (χ1) is 10.7. The van der Waals surface area contributed by atoms with Crippen LogP contribution in [0.15, 0.2) is 24.3 Å². The molecule has 122 valence electrons. The third kappa shape index (κ3) is 5.40. The molecule has 1 aliphatic heterocycles. The molecule has 0 aromatic heterocycles. The molecule has 0 radical (unpaired) electrons. The topological polar surface area (TPSA) is 67.6 Å². The second kappa shape index (κ2) is 8.88. The van der Waals surface area contributed by atoms with Crippen molar-refractivity contribution in [3.8, 4) is 0 Å². The summed E-state index contributed by atoms with van der Waals surface area (Å²) in [5.74, 6) is -0.0292. The first-order valence-electron chi connectivity index (χ1n) is 8.01. The number of benzene rings is 1. The molecule has 1 aliphatic rings. The number of hydrogen-bond acceptors (Lipinski definition) is 4. The minimum atomic E-state index is -0.206. The Kier molecular flexibility index (Phi) is 6.83. The third-order valence-electron chi connectivity index (χ3n) is 4.13. The molecule has 5 heteroatoms. The van der Waals surface area contributed by atoms with Crippen LogP contribution in [0.1, 0.15) is 30.4 Å². The molecule has 1 unspecified atom stereocenters. The summed E-state index contributed by atoms with van der Waals surface area (Å²) in [6.07, 6.45) is 2.73. The van der Waals surface area contributed by atoms with Crippen LogP contribution in [0.25, 0.3) is 0 Å². The molecule has 1 aromatic rings. The maximum absolute atomic E-state index is 11.8. The average Bonchev–Trinajstić information content (AvgIpc) is 3.05. The zero-order valence-corrected chi connectivity index (χ0v) is 13.4. The molecule has 3 N–H and O–H groups in total. The summed E-state index contributed by atoms with van der Waals surface area (Å²) in [5, 5.41) is 2.91. The predicted molar refractivity (Wildman–Crippen MR) is 87.3 cm³/mol. The minimum absolute atomic E-state index is 0.0292. The highest BCUT2D eigenvalue weighted by molar-refractivity contribution is 5.76. The van der Waals surface area contributed by atoms with Crippen molar-refractivity contribution in [1.29, 1.82) is 0 Å². The van der Waals surface area contributed by atoms with Gasteiger partial charge in [-0.2, -0.15) is 0 Å². The Morgan fingerprint density at radius 3 is 2.50 bits per heavy atom. The molecular formula is C17H27N3O2. The van der Waals surface area contributed by atoms with Crippen molar-refractivity contribution in [2.45, 2.75) is 38.5 Å². The number of nitrogens with zero attached hydrogens (tertiary/aromatic N) is 1. The van der Waals surface area contributed by atoms with Crippen LogP contribution in [0, 0.1) is 0 Å². The minimum Gasteiger partial charge on any atom is -0.380 e. The monoisotopic (exact) mass is 305 g/mol. The summed E-state index contributed by atoms with van der Waals surface area (Å²) < 4.78 is 5.11. The number of likely N-dealkylation sites (tertiary alicyclic amines) is 1. The lowest BCUT2D eigenvalue weighted by atomic mass is 10.1. The van der Waals surface area contributed by atoms with Gasteiger partial charge in [0.05, 0.1) is 12.5 Å². The highest BCUT2D eigenvalue weighted by atomic mass is 16.5. The number of amides is 1. The molecule has 1 amide bonds. The molecule has 1 saturated heterocycles. The molecule has 1 heterocycles. The lowest BCUT2D eigenvalue weighted by Gasteiger charge is -2.15. The van der Waals surface area contributed by atoms with Gasteiger partial charge in [0, 0.05) is 26.7 Å². The highest BCUT2D eigenvalue weighted by Crippen LogP contribution is 2.13. The van der Waals surface area contributed by atoms with Gasteiger partial charge in [-0.3, -0.25) is 9.69 Å². The van der Waals surface area contributed by atoms with E-state index in [1.54, 1.807) is 7.11 Å². The highest BCUT2D eigenvalue weighted by Gasteiger charge is 2.12. The first kappa shape index (κ1) is 16.9. The van der Waals surface area contributed by atoms with Gasteiger partial charge in [-0.25, -0.2) is 0 Å². The van der Waals surface area contributed by atoms with Crippen molar-refractivity contribution in [2.24, 2.45) is 5.73 Å². The van der Waals surface area contributed by atoms with Gasteiger partial charge in [-0.15, -0.1) is 0 Å². The van der Waals surface area contributed by atoms with E-state index in [0.29, 0.717) is 19.5 Å². The van der Waals surface area contributed by atoms with Crippen LogP contribution in [0.4, 0.5) is 0 Å². The standard InChI is InChI=1S/C17H27N3O2/c1-22-16(11-18)10-17(21)19-12-14-4-6-15(7-5-14)13-20-8-2-3-9-20/h4-7,16H,2-3,8-13,18H2,1H3,(H,19,21). The third-order valence-corrected chi connectivity index (χ3v) is 4.13. The first-order valence-corrected chi connectivity index (χ1v) is 8.01. The van der Waals surface area contributed by atoms with Crippen LogP contribution in [0.3, 0.4) is 0 Å². The van der Waals surface area contributed by atoms with Gasteiger partial charge in [0.2, 0.25) is 5.91 Å². The summed E-state index contributed by atoms with van der Waals surface area (Å²) in [5.41, 5.74) is 7.96. The van der Waals surface area contributed by atoms with E-state index in [1.807, 2.05) is 0 Å². The SMILES string of the molecule is COC(CN)CC(=O)NCc1ccc(CN2CCCC2)cc1. The Morgan fingerprint density at radius 1 is 1.27 bits per heavy atom. The second-order valence-electron chi connectivity index (χ2n) is 5.87. The number of carbonyl (C=O) groups excluding carboxylic acids is 1. The van der Waals surface area contributed by atoms with Gasteiger partial charge in [0.25, 0.3) is 0 Å². The van der Waals surface area contributed by atoms with E-state index >= 15 is 0 Å². The molecule has 1 fully saturated rings. The van der Waals surface area contributed by atoms with Gasteiger partial charge in [0.1, 0.15) is 0 Å². The maximum atomic E-state index is 11.8. The molecule has 2 rings (SSSR count). The molecule has 5 nitrogen and oxygen atoms in total. The van der Waals surface area contributed by atoms with Crippen LogP contribution < -0.4 is 11.1 Å². The molecule has 0 saturated carbocycles. The molecular weight excluding hydrogens is 278 g/mol. The second-order valence-corrected chi connectivity index (χ2v) is 5.87. The van der Waals surface area contributed by atoms with Crippen molar-refractivity contribution in [1.82, 2.24) is 10.2 Å². The van der Waals surface area contributed by atoms with Crippen molar-refractivity contribution in [3.63, 3.8) is 0 Å². The molecule has 0 spiro atoms. The van der Waals surface area contributed by atoms with E-state index in [9.17, 15) is 4.79 Å². The predicted octanol–water partition coefficient (Wildman–Crippen LogP) is 1.26. The van der Waals surface area contributed by atoms with E-state index in [4.69, 9.17) is 10.5 Å². The number of rotatable bonds is 8. The average molecular weight is 305 g/mol. The fourth-order valence-corrected chi connectivity index (χ4v) is 2.70. The van der Waals surface area contributed by atoms with Gasteiger partial charge in [-0.1, -0.05) is 24.3 Å². The Hall–Kier alpha value is -1.43. The number of hydrogen-bond donors (Lipinski definition) is 2. The Labute approximate surface area is 132 Å². The number of methoxy groups -OCH3 is 1. The van der Waals surface area contributed by atoms with Crippen LogP contribution in [0.5, 0.6) is 0 Å². The Morgan fingerprint density at radius 2 is 1.91 bits per heavy atom. The zero-order chi connectivity index (χ0) is 15.8. The number of ether oxygens (including phenoxy) is 1. The van der Waals surface area contributed by atoms with Gasteiger partial charge >= 0.3 is 0 Å². The Balaban J connectivity index is 1.74. The van der Waals surface area contributed by atoms with E-state index in [1.165, 1.54) is 31.5 Å². The van der Waals surface area contributed by atoms with Crippen molar-refractivity contribution in [2.75, 3.05) is 26.7 Å². The lowest BCUT2D eigenvalue weighted by Crippen LogP contribution is -2.31. The smallest absolute Gasteiger partial charge is 0.222 e. The van der Waals surface area contributed by atoms with Crippen LogP contribution in [-0.2, 0) is 22.6 Å². The summed E-state index contributed by atoms with van der Waals surface area (Å²) in [6, 6.07) is 8.47. The maximum Gasteiger partial charge on any atom is 0.222 e. The fraction of sp³-hybridized carbons (Fsp3) is 0.588. The van der Waals surface area contributed by atoms with Crippen LogP contribution in [0.2, 0.25) is 0 Å². The molecule has 0 aliphatic carbocycles. The number of nitrogens with one attached hydrogen (secondary N) is 1. The Bertz CT molecular complexity index is 451. The summed E-state index contributed by atoms with van der Waals surface area (Å²) >= 11 is 0. The number of nitrogens with two attached hydrogens (primary N) is 1. The van der Waals surface area contributed by atoms with Crippen LogP contribution >= 0.6 is 0 Å². The van der Waals surface area contributed by atoms with E-state index < -0.39 is 0 Å². The van der Waals surface area contributed by atoms with Crippen molar-refractivity contribution in [3.05, 3.63) is 35.4 Å². The zero-order valence-electron chi connectivity index (χ0n) is 13.4. The van der Waals surface area contributed by atoms with E-state index in [-0.39, 0.29) is 12.0 Å². The normalized spacial score (nSPS) is 16.6. The van der Waals surface area contributed by atoms with Gasteiger partial charge in [0.15, 0.2) is 0 Å². The quantitative estimate of drug-likeness (QED) is 0.759. The van der Waals surface area contributed by atoms with Gasteiger partial charge < -0.3 is 15.8 Å². The fourth-order valence-electron chi connectivity index (χ4n) is 2.70. The van der Waals surface area contributed by atoms with Gasteiger partial charge in [-0.05, 0) is 37.1 Å². The summed E-state index contributed by atoms with van der Waals surface area (Å²) in [7, 11) is 1.57. The lowest BCUT2D eigenvalue weighted by molar-refractivity contribution is -0.123. The molecule has 0 bridgehead atoms. The number of carbonyl (C=O) groups is 1. The summed E-state index contributed by atoms with van der Waals surface area (Å²) in [6.45, 7) is 4.34. The van der Waals surface area contributed by atoms with E-state index in [2.05, 4.69) is 34.5 Å². The van der Waals surface area contributed by atoms with E-state index in [0.717, 1.165) is 12.1 Å².